The van der Waals surface area contributed by atoms with E-state index >= 15 is 0 Å². The summed E-state index contributed by atoms with van der Waals surface area (Å²) in [5.74, 6) is -1.96. The van der Waals surface area contributed by atoms with Gasteiger partial charge >= 0.3 is 12.1 Å². The molecule has 1 heterocycles. The number of hydrogen-bond acceptors (Lipinski definition) is 6. The monoisotopic (exact) mass is 398 g/mol. The van der Waals surface area contributed by atoms with Crippen LogP contribution in [0, 0.1) is 0 Å². The molecule has 10 heteroatoms. The molecule has 1 fully saturated rings. The zero-order chi connectivity index (χ0) is 20.4. The molecule has 1 aliphatic heterocycles. The SMILES string of the molecule is CC(C)(C)OC(=O)N[C@@H](Cc1ccc(N2C(=O)CCS2(=O)=O)cc1)C(=O)O. The highest BCUT2D eigenvalue weighted by atomic mass is 32.2. The zero-order valence-corrected chi connectivity index (χ0v) is 16.1. The molecule has 0 aromatic heterocycles. The van der Waals surface area contributed by atoms with Crippen molar-refractivity contribution in [1.29, 1.82) is 0 Å². The molecule has 1 aliphatic rings. The molecule has 0 radical (unpaired) electrons. The van der Waals surface area contributed by atoms with Gasteiger partial charge < -0.3 is 15.2 Å². The van der Waals surface area contributed by atoms with Gasteiger partial charge in [0, 0.05) is 12.8 Å². The summed E-state index contributed by atoms with van der Waals surface area (Å²) in [5, 5.41) is 11.6. The van der Waals surface area contributed by atoms with Crippen LogP contribution in [0.25, 0.3) is 0 Å². The third-order valence-corrected chi connectivity index (χ3v) is 5.37. The molecular weight excluding hydrogens is 376 g/mol. The Morgan fingerprint density at radius 2 is 1.85 bits per heavy atom. The van der Waals surface area contributed by atoms with Gasteiger partial charge in [0.2, 0.25) is 15.9 Å². The topological polar surface area (TPSA) is 130 Å². The maximum atomic E-state index is 11.9. The number of rotatable bonds is 5. The van der Waals surface area contributed by atoms with Crippen LogP contribution in [0.5, 0.6) is 0 Å². The van der Waals surface area contributed by atoms with Crippen LogP contribution >= 0.6 is 0 Å². The Labute approximate surface area is 157 Å². The summed E-state index contributed by atoms with van der Waals surface area (Å²) >= 11 is 0. The van der Waals surface area contributed by atoms with Gasteiger partial charge in [-0.05, 0) is 38.5 Å². The number of carbonyl (C=O) groups is 3. The predicted molar refractivity (Wildman–Crippen MR) is 96.8 cm³/mol. The van der Waals surface area contributed by atoms with Crippen LogP contribution in [0.3, 0.4) is 0 Å². The number of amides is 2. The number of aliphatic carboxylic acids is 1. The lowest BCUT2D eigenvalue weighted by Gasteiger charge is -2.22. The largest absolute Gasteiger partial charge is 0.480 e. The average molecular weight is 398 g/mol. The van der Waals surface area contributed by atoms with Gasteiger partial charge in [-0.2, -0.15) is 0 Å². The standard InChI is InChI=1S/C17H22N2O7S/c1-17(2,3)26-16(23)18-13(15(21)22)10-11-4-6-12(7-5-11)19-14(20)8-9-27(19,24)25/h4-7,13H,8-10H2,1-3H3,(H,18,23)(H,21,22)/t13-/m0/s1. The minimum Gasteiger partial charge on any atom is -0.480 e. The number of sulfonamides is 1. The van der Waals surface area contributed by atoms with E-state index in [1.807, 2.05) is 0 Å². The Hall–Kier alpha value is -2.62. The van der Waals surface area contributed by atoms with Gasteiger partial charge in [0.25, 0.3) is 0 Å². The molecule has 2 N–H and O–H groups in total. The predicted octanol–water partition coefficient (Wildman–Crippen LogP) is 1.27. The molecule has 0 spiro atoms. The van der Waals surface area contributed by atoms with E-state index in [1.165, 1.54) is 24.3 Å². The van der Waals surface area contributed by atoms with Crippen molar-refractivity contribution in [2.45, 2.75) is 45.3 Å². The van der Waals surface area contributed by atoms with Crippen LogP contribution in [0.2, 0.25) is 0 Å². The summed E-state index contributed by atoms with van der Waals surface area (Å²) in [6, 6.07) is 4.68. The Kier molecular flexibility index (Phi) is 5.79. The highest BCUT2D eigenvalue weighted by Crippen LogP contribution is 2.25. The highest BCUT2D eigenvalue weighted by molar-refractivity contribution is 7.94. The summed E-state index contributed by atoms with van der Waals surface area (Å²) in [6.45, 7) is 4.98. The van der Waals surface area contributed by atoms with Crippen molar-refractivity contribution in [3.8, 4) is 0 Å². The fourth-order valence-corrected chi connectivity index (χ4v) is 3.98. The number of nitrogens with zero attached hydrogens (tertiary/aromatic N) is 1. The minimum atomic E-state index is -3.66. The second-order valence-corrected chi connectivity index (χ2v) is 9.07. The van der Waals surface area contributed by atoms with Crippen LogP contribution < -0.4 is 9.62 Å². The van der Waals surface area contributed by atoms with E-state index in [4.69, 9.17) is 4.74 Å². The first-order valence-electron chi connectivity index (χ1n) is 8.26. The third kappa shape index (κ3) is 5.43. The lowest BCUT2D eigenvalue weighted by atomic mass is 10.1. The number of benzene rings is 1. The maximum Gasteiger partial charge on any atom is 0.408 e. The quantitative estimate of drug-likeness (QED) is 0.764. The number of carbonyl (C=O) groups excluding carboxylic acids is 2. The fraction of sp³-hybridized carbons (Fsp3) is 0.471. The lowest BCUT2D eigenvalue weighted by molar-refractivity contribution is -0.139. The van der Waals surface area contributed by atoms with Crippen LogP contribution in [0.15, 0.2) is 24.3 Å². The van der Waals surface area contributed by atoms with Crippen molar-refractivity contribution in [3.05, 3.63) is 29.8 Å². The van der Waals surface area contributed by atoms with E-state index in [2.05, 4.69) is 5.32 Å². The van der Waals surface area contributed by atoms with Crippen molar-refractivity contribution in [2.75, 3.05) is 10.1 Å². The molecule has 1 aromatic carbocycles. The molecule has 1 saturated heterocycles. The van der Waals surface area contributed by atoms with Crippen molar-refractivity contribution in [1.82, 2.24) is 5.32 Å². The number of carboxylic acids is 1. The maximum absolute atomic E-state index is 11.9. The van der Waals surface area contributed by atoms with Gasteiger partial charge in [0.1, 0.15) is 11.6 Å². The Balaban J connectivity index is 2.10. The molecule has 0 aliphatic carbocycles. The van der Waals surface area contributed by atoms with E-state index in [1.54, 1.807) is 20.8 Å². The smallest absolute Gasteiger partial charge is 0.408 e. The average Bonchev–Trinajstić information content (AvgIpc) is 2.79. The molecule has 0 unspecified atom stereocenters. The Bertz CT molecular complexity index is 841. The first kappa shape index (κ1) is 20.7. The number of alkyl carbamates (subject to hydrolysis) is 1. The molecule has 2 rings (SSSR count). The normalized spacial score (nSPS) is 17.4. The van der Waals surface area contributed by atoms with Crippen LogP contribution in [0.4, 0.5) is 10.5 Å². The second kappa shape index (κ2) is 7.55. The van der Waals surface area contributed by atoms with Gasteiger partial charge in [0.15, 0.2) is 0 Å². The first-order chi connectivity index (χ1) is 12.4. The van der Waals surface area contributed by atoms with Crippen LogP contribution in [-0.2, 0) is 30.8 Å². The van der Waals surface area contributed by atoms with E-state index in [0.29, 0.717) is 5.56 Å². The summed E-state index contributed by atoms with van der Waals surface area (Å²) in [5.41, 5.74) is -0.0118. The molecule has 2 amide bonds. The van der Waals surface area contributed by atoms with Gasteiger partial charge in [0.05, 0.1) is 11.4 Å². The zero-order valence-electron chi connectivity index (χ0n) is 15.3. The molecule has 1 atom stereocenters. The van der Waals surface area contributed by atoms with E-state index in [-0.39, 0.29) is 24.3 Å². The Morgan fingerprint density at radius 1 is 1.26 bits per heavy atom. The second-order valence-electron chi connectivity index (χ2n) is 7.13. The van der Waals surface area contributed by atoms with E-state index in [9.17, 15) is 27.9 Å². The lowest BCUT2D eigenvalue weighted by Crippen LogP contribution is -2.44. The minimum absolute atomic E-state index is 0.0322. The molecule has 0 saturated carbocycles. The number of carboxylic acid groups (broad SMARTS) is 1. The van der Waals surface area contributed by atoms with Gasteiger partial charge in [-0.15, -0.1) is 0 Å². The molecule has 148 valence electrons. The molecule has 0 bridgehead atoms. The summed E-state index contributed by atoms with van der Waals surface area (Å²) in [7, 11) is -3.66. The Morgan fingerprint density at radius 3 is 2.30 bits per heavy atom. The van der Waals surface area contributed by atoms with Crippen LogP contribution in [-0.4, -0.2) is 48.9 Å². The van der Waals surface area contributed by atoms with Gasteiger partial charge in [-0.1, -0.05) is 12.1 Å². The molecule has 1 aromatic rings. The number of hydrogen-bond donors (Lipinski definition) is 2. The van der Waals surface area contributed by atoms with Crippen LogP contribution in [0.1, 0.15) is 32.8 Å². The fourth-order valence-electron chi connectivity index (χ4n) is 2.52. The summed E-state index contributed by atoms with van der Waals surface area (Å²) in [6.07, 6.45) is -0.944. The molecular formula is C17H22N2O7S. The van der Waals surface area contributed by atoms with E-state index in [0.717, 1.165) is 4.31 Å². The summed E-state index contributed by atoms with van der Waals surface area (Å²) < 4.78 is 29.7. The van der Waals surface area contributed by atoms with Crippen molar-refractivity contribution >= 4 is 33.7 Å². The highest BCUT2D eigenvalue weighted by Gasteiger charge is 2.36. The summed E-state index contributed by atoms with van der Waals surface area (Å²) in [4.78, 5) is 35.0. The number of ether oxygens (including phenoxy) is 1. The van der Waals surface area contributed by atoms with Crippen molar-refractivity contribution < 1.29 is 32.6 Å². The van der Waals surface area contributed by atoms with Gasteiger partial charge in [-0.25, -0.2) is 22.3 Å². The first-order valence-corrected chi connectivity index (χ1v) is 9.87. The number of nitrogens with one attached hydrogen (secondary N) is 1. The van der Waals surface area contributed by atoms with Crippen molar-refractivity contribution in [2.24, 2.45) is 0 Å². The van der Waals surface area contributed by atoms with E-state index < -0.39 is 39.6 Å². The molecule has 9 nitrogen and oxygen atoms in total. The van der Waals surface area contributed by atoms with Gasteiger partial charge in [-0.3, -0.25) is 4.79 Å². The number of anilines is 1. The van der Waals surface area contributed by atoms with Crippen molar-refractivity contribution in [3.63, 3.8) is 0 Å². The third-order valence-electron chi connectivity index (χ3n) is 3.68. The molecule has 27 heavy (non-hydrogen) atoms.